The fourth-order valence-corrected chi connectivity index (χ4v) is 2.29. The van der Waals surface area contributed by atoms with Crippen LogP contribution in [0.4, 0.5) is 32.4 Å². The average Bonchev–Trinajstić information content (AvgIpc) is 2.63. The van der Waals surface area contributed by atoms with Gasteiger partial charge in [0.1, 0.15) is 12.4 Å². The highest BCUT2D eigenvalue weighted by atomic mass is 19.3. The van der Waals surface area contributed by atoms with E-state index in [9.17, 15) is 26.7 Å². The molecule has 0 radical (unpaired) electrons. The Bertz CT molecular complexity index is 786. The van der Waals surface area contributed by atoms with Gasteiger partial charge in [0.05, 0.1) is 6.61 Å². The monoisotopic (exact) mass is 402 g/mol. The lowest BCUT2D eigenvalue weighted by molar-refractivity contribution is -0.168. The van der Waals surface area contributed by atoms with Gasteiger partial charge in [-0.25, -0.2) is 18.0 Å². The molecular formula is C19H19F5N2O2. The summed E-state index contributed by atoms with van der Waals surface area (Å²) in [6.45, 7) is -1.51. The molecule has 2 aromatic rings. The van der Waals surface area contributed by atoms with Gasteiger partial charge in [-0.15, -0.1) is 0 Å². The smallest absolute Gasteiger partial charge is 0.330 e. The van der Waals surface area contributed by atoms with E-state index in [0.29, 0.717) is 23.2 Å². The average molecular weight is 402 g/mol. The number of carbonyl (C=O) groups excluding carboxylic acids is 1. The number of halogens is 5. The number of anilines is 1. The normalized spacial score (nSPS) is 11.5. The van der Waals surface area contributed by atoms with E-state index >= 15 is 0 Å². The third-order valence-corrected chi connectivity index (χ3v) is 3.71. The summed E-state index contributed by atoms with van der Waals surface area (Å²) < 4.78 is 67.9. The topological polar surface area (TPSA) is 50.4 Å². The van der Waals surface area contributed by atoms with Gasteiger partial charge < -0.3 is 15.4 Å². The van der Waals surface area contributed by atoms with Crippen LogP contribution < -0.4 is 10.6 Å². The van der Waals surface area contributed by atoms with Crippen molar-refractivity contribution >= 4 is 11.7 Å². The molecule has 2 N–H and O–H groups in total. The first-order chi connectivity index (χ1) is 13.3. The van der Waals surface area contributed by atoms with Crippen molar-refractivity contribution in [2.45, 2.75) is 25.4 Å². The number of hydrogen-bond donors (Lipinski definition) is 2. The Morgan fingerprint density at radius 2 is 1.86 bits per heavy atom. The van der Waals surface area contributed by atoms with Crippen molar-refractivity contribution in [3.63, 3.8) is 0 Å². The molecule has 0 aromatic heterocycles. The Morgan fingerprint density at radius 3 is 2.57 bits per heavy atom. The summed E-state index contributed by atoms with van der Waals surface area (Å²) in [5, 5.41) is 5.11. The molecule has 2 rings (SSSR count). The van der Waals surface area contributed by atoms with E-state index in [4.69, 9.17) is 0 Å². The summed E-state index contributed by atoms with van der Waals surface area (Å²) in [5.74, 6) is -4.57. The van der Waals surface area contributed by atoms with Crippen LogP contribution in [-0.2, 0) is 17.8 Å². The molecule has 9 heteroatoms. The van der Waals surface area contributed by atoms with E-state index in [1.54, 1.807) is 36.4 Å². The summed E-state index contributed by atoms with van der Waals surface area (Å²) >= 11 is 0. The second-order valence-electron chi connectivity index (χ2n) is 5.98. The number of ether oxygens (including phenoxy) is 1. The zero-order chi connectivity index (χ0) is 20.6. The second kappa shape index (κ2) is 10.0. The molecule has 0 saturated heterocycles. The number of amides is 2. The molecule has 28 heavy (non-hydrogen) atoms. The first-order valence-corrected chi connectivity index (χ1v) is 8.39. The number of hydrogen-bond acceptors (Lipinski definition) is 2. The molecule has 2 aromatic carbocycles. The van der Waals surface area contributed by atoms with Crippen molar-refractivity contribution < 1.29 is 31.5 Å². The van der Waals surface area contributed by atoms with Crippen LogP contribution in [0.2, 0.25) is 0 Å². The van der Waals surface area contributed by atoms with Gasteiger partial charge in [0.15, 0.2) is 0 Å². The summed E-state index contributed by atoms with van der Waals surface area (Å²) in [6, 6.07) is 11.8. The molecule has 152 valence electrons. The lowest BCUT2D eigenvalue weighted by Crippen LogP contribution is -2.32. The molecule has 0 spiro atoms. The molecule has 0 heterocycles. The van der Waals surface area contributed by atoms with Crippen LogP contribution in [0, 0.1) is 5.82 Å². The van der Waals surface area contributed by atoms with Crippen LogP contribution in [0.25, 0.3) is 0 Å². The quantitative estimate of drug-likeness (QED) is 0.602. The third kappa shape index (κ3) is 6.80. The van der Waals surface area contributed by atoms with E-state index < -0.39 is 25.0 Å². The molecule has 0 unspecified atom stereocenters. The van der Waals surface area contributed by atoms with Crippen molar-refractivity contribution in [1.82, 2.24) is 5.32 Å². The maximum atomic E-state index is 13.5. The molecule has 0 bridgehead atoms. The minimum Gasteiger partial charge on any atom is -0.370 e. The van der Waals surface area contributed by atoms with E-state index in [0.717, 1.165) is 0 Å². The van der Waals surface area contributed by atoms with Crippen LogP contribution in [0.1, 0.15) is 11.1 Å². The lowest BCUT2D eigenvalue weighted by atomic mass is 10.1. The summed E-state index contributed by atoms with van der Waals surface area (Å²) in [5.41, 5.74) is 1.27. The number of urea groups is 1. The minimum absolute atomic E-state index is 0.207. The van der Waals surface area contributed by atoms with Gasteiger partial charge in [0.2, 0.25) is 0 Å². The zero-order valence-corrected chi connectivity index (χ0v) is 14.7. The van der Waals surface area contributed by atoms with Crippen LogP contribution >= 0.6 is 0 Å². The van der Waals surface area contributed by atoms with Gasteiger partial charge in [-0.05, 0) is 35.7 Å². The Hall–Kier alpha value is -2.68. The number of carbonyl (C=O) groups is 1. The predicted molar refractivity (Wildman–Crippen MR) is 94.2 cm³/mol. The fraction of sp³-hybridized carbons (Fsp3) is 0.316. The lowest BCUT2D eigenvalue weighted by Gasteiger charge is -2.15. The van der Waals surface area contributed by atoms with Crippen molar-refractivity contribution in [2.75, 3.05) is 18.5 Å². The second-order valence-corrected chi connectivity index (χ2v) is 5.98. The fourth-order valence-electron chi connectivity index (χ4n) is 2.29. The van der Waals surface area contributed by atoms with Crippen molar-refractivity contribution in [2.24, 2.45) is 0 Å². The molecule has 0 aliphatic rings. The highest BCUT2D eigenvalue weighted by Crippen LogP contribution is 2.23. The summed E-state index contributed by atoms with van der Waals surface area (Å²) in [6.07, 6.45) is -3.49. The zero-order valence-electron chi connectivity index (χ0n) is 14.7. The van der Waals surface area contributed by atoms with Crippen molar-refractivity contribution in [1.29, 1.82) is 0 Å². The number of nitrogens with one attached hydrogen (secondary N) is 2. The SMILES string of the molecule is O=C(NCCc1ccccc1F)Nc1cccc(COCC(F)(F)C(F)F)c1. The first-order valence-electron chi connectivity index (χ1n) is 8.39. The first kappa shape index (κ1) is 21.6. The maximum absolute atomic E-state index is 13.5. The Labute approximate surface area is 158 Å². The van der Waals surface area contributed by atoms with Crippen LogP contribution in [0.3, 0.4) is 0 Å². The molecule has 2 amide bonds. The van der Waals surface area contributed by atoms with E-state index in [1.165, 1.54) is 12.1 Å². The van der Waals surface area contributed by atoms with Gasteiger partial charge in [-0.1, -0.05) is 30.3 Å². The van der Waals surface area contributed by atoms with Gasteiger partial charge in [0.25, 0.3) is 0 Å². The van der Waals surface area contributed by atoms with Crippen LogP contribution in [0.5, 0.6) is 0 Å². The Morgan fingerprint density at radius 1 is 1.11 bits per heavy atom. The molecular weight excluding hydrogens is 383 g/mol. The van der Waals surface area contributed by atoms with Gasteiger partial charge in [-0.2, -0.15) is 8.78 Å². The Balaban J connectivity index is 1.78. The molecule has 0 atom stereocenters. The molecule has 4 nitrogen and oxygen atoms in total. The van der Waals surface area contributed by atoms with Crippen LogP contribution in [-0.4, -0.2) is 31.5 Å². The standard InChI is InChI=1S/C19H19F5N2O2/c20-16-7-2-1-5-14(16)8-9-25-18(27)26-15-6-3-4-13(10-15)11-28-12-19(23,24)17(21)22/h1-7,10,17H,8-9,11-12H2,(H2,25,26,27). The molecule has 0 aliphatic carbocycles. The highest BCUT2D eigenvalue weighted by molar-refractivity contribution is 5.89. The van der Waals surface area contributed by atoms with Crippen molar-refractivity contribution in [3.8, 4) is 0 Å². The van der Waals surface area contributed by atoms with Gasteiger partial charge in [0, 0.05) is 12.2 Å². The van der Waals surface area contributed by atoms with Gasteiger partial charge >= 0.3 is 18.4 Å². The third-order valence-electron chi connectivity index (χ3n) is 3.71. The Kier molecular flexibility index (Phi) is 7.74. The van der Waals surface area contributed by atoms with Crippen LogP contribution in [0.15, 0.2) is 48.5 Å². The molecule has 0 fully saturated rings. The predicted octanol–water partition coefficient (Wildman–Crippen LogP) is 4.61. The number of benzene rings is 2. The minimum atomic E-state index is -4.21. The van der Waals surface area contributed by atoms with E-state index in [2.05, 4.69) is 15.4 Å². The van der Waals surface area contributed by atoms with Crippen molar-refractivity contribution in [3.05, 3.63) is 65.5 Å². The number of alkyl halides is 4. The largest absolute Gasteiger partial charge is 0.370 e. The number of rotatable bonds is 9. The maximum Gasteiger partial charge on any atom is 0.330 e. The highest BCUT2D eigenvalue weighted by Gasteiger charge is 2.40. The van der Waals surface area contributed by atoms with Gasteiger partial charge in [-0.3, -0.25) is 0 Å². The van der Waals surface area contributed by atoms with E-state index in [-0.39, 0.29) is 19.0 Å². The van der Waals surface area contributed by atoms with E-state index in [1.807, 2.05) is 0 Å². The molecule has 0 aliphatic heterocycles. The summed E-state index contributed by atoms with van der Waals surface area (Å²) in [4.78, 5) is 11.9. The summed E-state index contributed by atoms with van der Waals surface area (Å²) in [7, 11) is 0. The molecule has 0 saturated carbocycles.